The van der Waals surface area contributed by atoms with Crippen molar-refractivity contribution in [1.82, 2.24) is 4.98 Å². The topological polar surface area (TPSA) is 51.2 Å². The number of ether oxygens (including phenoxy) is 1. The Kier molecular flexibility index (Phi) is 5.25. The molecule has 1 heterocycles. The number of halogens is 1. The Bertz CT molecular complexity index is 921. The predicted molar refractivity (Wildman–Crippen MR) is 104 cm³/mol. The van der Waals surface area contributed by atoms with E-state index in [1.807, 2.05) is 30.3 Å². The molecular weight excluding hydrogens is 356 g/mol. The van der Waals surface area contributed by atoms with Crippen LogP contribution in [0.2, 0.25) is 5.02 Å². The molecule has 3 rings (SSSR count). The van der Waals surface area contributed by atoms with Crippen molar-refractivity contribution in [2.24, 2.45) is 0 Å². The van der Waals surface area contributed by atoms with Crippen molar-refractivity contribution >= 4 is 44.2 Å². The second-order valence-electron chi connectivity index (χ2n) is 6.14. The van der Waals surface area contributed by atoms with Crippen LogP contribution in [0.3, 0.4) is 0 Å². The zero-order valence-corrected chi connectivity index (χ0v) is 15.9. The van der Waals surface area contributed by atoms with Crippen LogP contribution < -0.4 is 10.1 Å². The number of carbonyl (C=O) groups excluding carboxylic acids is 1. The first-order valence-corrected chi connectivity index (χ1v) is 9.21. The van der Waals surface area contributed by atoms with Gasteiger partial charge in [-0.3, -0.25) is 10.1 Å². The Balaban J connectivity index is 1.61. The summed E-state index contributed by atoms with van der Waals surface area (Å²) < 4.78 is 6.53. The number of amides is 1. The second kappa shape index (κ2) is 7.42. The first-order valence-electron chi connectivity index (χ1n) is 8.01. The second-order valence-corrected chi connectivity index (χ2v) is 7.61. The molecule has 6 heteroatoms. The zero-order chi connectivity index (χ0) is 18.0. The lowest BCUT2D eigenvalue weighted by molar-refractivity contribution is -0.118. The first kappa shape index (κ1) is 17.7. The summed E-state index contributed by atoms with van der Waals surface area (Å²) in [6.07, 6.45) is 0. The summed E-state index contributed by atoms with van der Waals surface area (Å²) in [5.74, 6) is 0.911. The van der Waals surface area contributed by atoms with Crippen LogP contribution >= 0.6 is 22.9 Å². The van der Waals surface area contributed by atoms with E-state index in [2.05, 4.69) is 31.1 Å². The minimum Gasteiger partial charge on any atom is -0.484 e. The molecule has 0 spiro atoms. The number of hydrogen-bond acceptors (Lipinski definition) is 4. The van der Waals surface area contributed by atoms with Crippen molar-refractivity contribution in [3.05, 3.63) is 52.5 Å². The number of nitrogens with zero attached hydrogens (tertiary/aromatic N) is 1. The van der Waals surface area contributed by atoms with Gasteiger partial charge in [0.1, 0.15) is 5.75 Å². The van der Waals surface area contributed by atoms with Crippen LogP contribution in [-0.4, -0.2) is 17.5 Å². The van der Waals surface area contributed by atoms with Crippen molar-refractivity contribution in [2.45, 2.75) is 26.7 Å². The lowest BCUT2D eigenvalue weighted by Crippen LogP contribution is -2.20. The largest absolute Gasteiger partial charge is 0.484 e. The van der Waals surface area contributed by atoms with Crippen LogP contribution in [0, 0.1) is 6.92 Å². The molecule has 0 fully saturated rings. The van der Waals surface area contributed by atoms with Crippen molar-refractivity contribution in [1.29, 1.82) is 0 Å². The minimum atomic E-state index is -0.240. The van der Waals surface area contributed by atoms with Gasteiger partial charge in [0, 0.05) is 5.02 Å². The van der Waals surface area contributed by atoms with E-state index in [0.717, 1.165) is 15.8 Å². The van der Waals surface area contributed by atoms with E-state index in [-0.39, 0.29) is 12.5 Å². The Morgan fingerprint density at radius 2 is 2.08 bits per heavy atom. The van der Waals surface area contributed by atoms with Gasteiger partial charge in [-0.15, -0.1) is 0 Å². The SMILES string of the molecule is Cc1cc(OCC(=O)Nc2nc3ccc(Cl)cc3s2)ccc1C(C)C. The normalized spacial score (nSPS) is 11.1. The molecule has 1 amide bonds. The highest BCUT2D eigenvalue weighted by molar-refractivity contribution is 7.22. The van der Waals surface area contributed by atoms with Gasteiger partial charge in [0.2, 0.25) is 0 Å². The molecule has 0 aliphatic carbocycles. The number of hydrogen-bond donors (Lipinski definition) is 1. The third-order valence-electron chi connectivity index (χ3n) is 3.83. The number of rotatable bonds is 5. The van der Waals surface area contributed by atoms with E-state index in [9.17, 15) is 4.79 Å². The van der Waals surface area contributed by atoms with E-state index in [1.54, 1.807) is 6.07 Å². The third-order valence-corrected chi connectivity index (χ3v) is 5.00. The molecule has 0 saturated heterocycles. The maximum Gasteiger partial charge on any atom is 0.264 e. The summed E-state index contributed by atoms with van der Waals surface area (Å²) in [5, 5.41) is 3.96. The van der Waals surface area contributed by atoms with Gasteiger partial charge in [-0.05, 0) is 54.3 Å². The maximum absolute atomic E-state index is 12.1. The highest BCUT2D eigenvalue weighted by atomic mass is 35.5. The summed E-state index contributed by atoms with van der Waals surface area (Å²) in [6, 6.07) is 11.3. The summed E-state index contributed by atoms with van der Waals surface area (Å²) in [6.45, 7) is 6.30. The van der Waals surface area contributed by atoms with Gasteiger partial charge in [-0.25, -0.2) is 4.98 Å². The lowest BCUT2D eigenvalue weighted by Gasteiger charge is -2.12. The van der Waals surface area contributed by atoms with Crippen LogP contribution in [0.25, 0.3) is 10.2 Å². The molecule has 0 saturated carbocycles. The predicted octanol–water partition coefficient (Wildman–Crippen LogP) is 5.40. The van der Waals surface area contributed by atoms with Crippen LogP contribution in [0.1, 0.15) is 30.9 Å². The van der Waals surface area contributed by atoms with E-state index in [4.69, 9.17) is 16.3 Å². The number of fused-ring (bicyclic) bond motifs is 1. The summed E-state index contributed by atoms with van der Waals surface area (Å²) in [4.78, 5) is 16.5. The first-order chi connectivity index (χ1) is 11.9. The van der Waals surface area contributed by atoms with Gasteiger partial charge in [0.25, 0.3) is 5.91 Å². The average Bonchev–Trinajstić information content (AvgIpc) is 2.93. The number of carbonyl (C=O) groups is 1. The summed E-state index contributed by atoms with van der Waals surface area (Å²) >= 11 is 7.35. The van der Waals surface area contributed by atoms with Crippen molar-refractivity contribution in [2.75, 3.05) is 11.9 Å². The Labute approximate surface area is 155 Å². The van der Waals surface area contributed by atoms with Crippen LogP contribution in [-0.2, 0) is 4.79 Å². The molecule has 0 radical (unpaired) electrons. The van der Waals surface area contributed by atoms with E-state index in [0.29, 0.717) is 21.8 Å². The molecule has 0 unspecified atom stereocenters. The van der Waals surface area contributed by atoms with Gasteiger partial charge in [-0.2, -0.15) is 0 Å². The lowest BCUT2D eigenvalue weighted by atomic mass is 9.98. The summed E-state index contributed by atoms with van der Waals surface area (Å²) in [5.41, 5.74) is 3.26. The maximum atomic E-state index is 12.1. The highest BCUT2D eigenvalue weighted by Gasteiger charge is 2.10. The number of benzene rings is 2. The van der Waals surface area contributed by atoms with Crippen LogP contribution in [0.4, 0.5) is 5.13 Å². The molecule has 3 aromatic rings. The number of aromatic nitrogens is 1. The molecule has 0 bridgehead atoms. The van der Waals surface area contributed by atoms with Crippen molar-refractivity contribution < 1.29 is 9.53 Å². The molecule has 1 N–H and O–H groups in total. The number of aryl methyl sites for hydroxylation is 1. The summed E-state index contributed by atoms with van der Waals surface area (Å²) in [7, 11) is 0. The Hall–Kier alpha value is -2.11. The van der Waals surface area contributed by atoms with Crippen LogP contribution in [0.5, 0.6) is 5.75 Å². The Morgan fingerprint density at radius 1 is 1.28 bits per heavy atom. The highest BCUT2D eigenvalue weighted by Crippen LogP contribution is 2.28. The minimum absolute atomic E-state index is 0.0584. The molecule has 4 nitrogen and oxygen atoms in total. The molecule has 1 aromatic heterocycles. The fourth-order valence-electron chi connectivity index (χ4n) is 2.64. The van der Waals surface area contributed by atoms with Crippen molar-refractivity contribution in [3.63, 3.8) is 0 Å². The molecular formula is C19H19ClN2O2S. The van der Waals surface area contributed by atoms with Gasteiger partial charge < -0.3 is 4.74 Å². The third kappa shape index (κ3) is 4.30. The fraction of sp³-hybridized carbons (Fsp3) is 0.263. The zero-order valence-electron chi connectivity index (χ0n) is 14.3. The number of nitrogens with one attached hydrogen (secondary N) is 1. The molecule has 130 valence electrons. The smallest absolute Gasteiger partial charge is 0.264 e. The standard InChI is InChI=1S/C19H19ClN2O2S/c1-11(2)15-6-5-14(8-12(15)3)24-10-18(23)22-19-21-16-7-4-13(20)9-17(16)25-19/h4-9,11H,10H2,1-3H3,(H,21,22,23). The van der Waals surface area contributed by atoms with E-state index < -0.39 is 0 Å². The van der Waals surface area contributed by atoms with E-state index in [1.165, 1.54) is 16.9 Å². The average molecular weight is 375 g/mol. The van der Waals surface area contributed by atoms with Crippen molar-refractivity contribution in [3.8, 4) is 5.75 Å². The number of anilines is 1. The van der Waals surface area contributed by atoms with Gasteiger partial charge in [-0.1, -0.05) is 42.9 Å². The molecule has 25 heavy (non-hydrogen) atoms. The number of thiazole rings is 1. The molecule has 2 aromatic carbocycles. The molecule has 0 atom stereocenters. The van der Waals surface area contributed by atoms with Gasteiger partial charge >= 0.3 is 0 Å². The molecule has 0 aliphatic heterocycles. The Morgan fingerprint density at radius 3 is 2.80 bits per heavy atom. The monoisotopic (exact) mass is 374 g/mol. The molecule has 0 aliphatic rings. The fourth-order valence-corrected chi connectivity index (χ4v) is 3.80. The van der Waals surface area contributed by atoms with Gasteiger partial charge in [0.15, 0.2) is 11.7 Å². The van der Waals surface area contributed by atoms with E-state index >= 15 is 0 Å². The van der Waals surface area contributed by atoms with Gasteiger partial charge in [0.05, 0.1) is 10.2 Å². The quantitative estimate of drug-likeness (QED) is 0.650. The van der Waals surface area contributed by atoms with Crippen LogP contribution in [0.15, 0.2) is 36.4 Å².